The van der Waals surface area contributed by atoms with E-state index in [1.807, 2.05) is 88.8 Å². The molecule has 1 amide bonds. The summed E-state index contributed by atoms with van der Waals surface area (Å²) in [6, 6.07) is 14.7. The zero-order chi connectivity index (χ0) is 35.6. The van der Waals surface area contributed by atoms with Gasteiger partial charge in [-0.25, -0.2) is 14.8 Å². The molecule has 3 aromatic carbocycles. The number of para-hydroxylation sites is 1. The molecular weight excluding hydrogens is 673 g/mol. The third kappa shape index (κ3) is 5.40. The van der Waals surface area contributed by atoms with Crippen molar-refractivity contribution in [3.8, 4) is 16.9 Å². The lowest BCUT2D eigenvalue weighted by Crippen LogP contribution is -2.48. The summed E-state index contributed by atoms with van der Waals surface area (Å²) in [5, 5.41) is 12.4. The van der Waals surface area contributed by atoms with E-state index in [0.29, 0.717) is 41.7 Å². The summed E-state index contributed by atoms with van der Waals surface area (Å²) in [5.74, 6) is -0.627. The van der Waals surface area contributed by atoms with Gasteiger partial charge >= 0.3 is 5.97 Å². The van der Waals surface area contributed by atoms with Gasteiger partial charge < -0.3 is 19.0 Å². The van der Waals surface area contributed by atoms with Crippen LogP contribution in [0.25, 0.3) is 32.9 Å². The van der Waals surface area contributed by atoms with Gasteiger partial charge in [-0.15, -0.1) is 0 Å². The van der Waals surface area contributed by atoms with Crippen molar-refractivity contribution in [3.63, 3.8) is 0 Å². The maximum atomic E-state index is 14.9. The number of fused-ring (bicyclic) bond motifs is 4. The highest BCUT2D eigenvalue weighted by Crippen LogP contribution is 2.45. The lowest BCUT2D eigenvalue weighted by molar-refractivity contribution is 0.0698. The second-order valence-corrected chi connectivity index (χ2v) is 13.9. The number of aromatic carboxylic acids is 1. The number of ether oxygens (including phenoxy) is 1. The fraction of sp³-hybridized carbons (Fsp3) is 0.282. The number of halogens is 2. The largest absolute Gasteiger partial charge is 0.494 e. The molecule has 0 fully saturated rings. The molecule has 11 heteroatoms. The monoisotopic (exact) mass is 709 g/mol. The molecule has 0 aliphatic carbocycles. The molecule has 1 unspecified atom stereocenters. The van der Waals surface area contributed by atoms with Crippen molar-refractivity contribution in [2.24, 2.45) is 7.05 Å². The molecular formula is C39H37Cl2N5O4. The second-order valence-electron chi connectivity index (χ2n) is 13.1. The van der Waals surface area contributed by atoms with Gasteiger partial charge in [-0.3, -0.25) is 9.69 Å². The third-order valence-electron chi connectivity index (χ3n) is 9.84. The Morgan fingerprint density at radius 2 is 1.70 bits per heavy atom. The van der Waals surface area contributed by atoms with Crippen LogP contribution < -0.4 is 9.64 Å². The molecule has 0 saturated carbocycles. The molecule has 9 nitrogen and oxygen atoms in total. The number of aryl methyl sites for hydroxylation is 6. The van der Waals surface area contributed by atoms with Crippen LogP contribution in [0.1, 0.15) is 68.3 Å². The van der Waals surface area contributed by atoms with Crippen LogP contribution in [0.2, 0.25) is 5.02 Å². The molecule has 1 N–H and O–H groups in total. The highest BCUT2D eigenvalue weighted by molar-refractivity contribution is 6.32. The number of carboxylic acids is 1. The van der Waals surface area contributed by atoms with E-state index in [1.165, 1.54) is 0 Å². The number of anilines is 1. The van der Waals surface area contributed by atoms with E-state index in [4.69, 9.17) is 27.9 Å². The Morgan fingerprint density at radius 3 is 2.38 bits per heavy atom. The number of rotatable bonds is 8. The maximum Gasteiger partial charge on any atom is 0.336 e. The first-order valence-electron chi connectivity index (χ1n) is 16.5. The minimum atomic E-state index is -1.08. The molecule has 0 radical (unpaired) electrons. The number of hydrogen-bond donors (Lipinski definition) is 1. The topological polar surface area (TPSA) is 102 Å². The van der Waals surface area contributed by atoms with Gasteiger partial charge in [0.25, 0.3) is 5.91 Å². The van der Waals surface area contributed by atoms with Crippen molar-refractivity contribution in [2.75, 3.05) is 11.5 Å². The summed E-state index contributed by atoms with van der Waals surface area (Å²) < 4.78 is 10.1. The Hall–Kier alpha value is -4.86. The van der Waals surface area contributed by atoms with Crippen molar-refractivity contribution in [2.45, 2.75) is 59.0 Å². The Kier molecular flexibility index (Phi) is 8.60. The zero-order valence-corrected chi connectivity index (χ0v) is 30.2. The summed E-state index contributed by atoms with van der Waals surface area (Å²) >= 11 is 13.6. The van der Waals surface area contributed by atoms with Gasteiger partial charge in [0.1, 0.15) is 23.3 Å². The van der Waals surface area contributed by atoms with Crippen LogP contribution in [0.5, 0.6) is 5.75 Å². The summed E-state index contributed by atoms with van der Waals surface area (Å²) in [7, 11) is 1.85. The van der Waals surface area contributed by atoms with E-state index in [2.05, 4.69) is 14.5 Å². The number of nitrogens with zero attached hydrogens (tertiary/aromatic N) is 5. The number of hydrogen-bond acceptors (Lipinski definition) is 5. The average Bonchev–Trinajstić information content (AvgIpc) is 3.62. The van der Waals surface area contributed by atoms with Crippen LogP contribution >= 0.6 is 23.2 Å². The third-order valence-corrected chi connectivity index (χ3v) is 11.0. The molecule has 1 aliphatic heterocycles. The Balaban J connectivity index is 1.38. The quantitative estimate of drug-likeness (QED) is 0.0962. The number of benzene rings is 3. The van der Waals surface area contributed by atoms with Crippen LogP contribution in [-0.2, 0) is 13.5 Å². The summed E-state index contributed by atoms with van der Waals surface area (Å²) in [5.41, 5.74) is 8.10. The van der Waals surface area contributed by atoms with Gasteiger partial charge in [0.15, 0.2) is 0 Å². The molecule has 50 heavy (non-hydrogen) atoms. The second kappa shape index (κ2) is 12.8. The molecule has 0 spiro atoms. The van der Waals surface area contributed by atoms with E-state index in [9.17, 15) is 14.7 Å². The predicted octanol–water partition coefficient (Wildman–Crippen LogP) is 8.97. The van der Waals surface area contributed by atoms with E-state index in [1.54, 1.807) is 23.4 Å². The lowest BCUT2D eigenvalue weighted by Gasteiger charge is -2.38. The van der Waals surface area contributed by atoms with E-state index < -0.39 is 11.5 Å². The van der Waals surface area contributed by atoms with Crippen molar-refractivity contribution < 1.29 is 19.4 Å². The van der Waals surface area contributed by atoms with Gasteiger partial charge in [-0.1, -0.05) is 41.4 Å². The maximum absolute atomic E-state index is 14.9. The van der Waals surface area contributed by atoms with Crippen molar-refractivity contribution >= 4 is 62.6 Å². The Bertz CT molecular complexity index is 2320. The summed E-state index contributed by atoms with van der Waals surface area (Å²) in [4.78, 5) is 37.9. The Labute approximate surface area is 300 Å². The number of carboxylic acid groups (broad SMARTS) is 1. The van der Waals surface area contributed by atoms with Crippen LogP contribution in [-0.4, -0.2) is 48.2 Å². The highest BCUT2D eigenvalue weighted by Gasteiger charge is 2.42. The van der Waals surface area contributed by atoms with Crippen LogP contribution in [0.3, 0.4) is 0 Å². The SMILES string of the molecule is Cc1cc(OCCCc2c3n(c4c(-c5c(C)ncnc5C)cccc24)[C@H](C)C(Cl)N(c2cc(C(=O)O)c4ccn(C)c4c2)C3=O)cc(C)c1Cl. The van der Waals surface area contributed by atoms with Crippen molar-refractivity contribution in [3.05, 3.63) is 105 Å². The number of amides is 1. The summed E-state index contributed by atoms with van der Waals surface area (Å²) in [6.07, 6.45) is 4.55. The molecule has 2 atom stereocenters. The normalized spacial score (nSPS) is 16.0. The molecule has 6 aromatic rings. The van der Waals surface area contributed by atoms with Crippen LogP contribution in [0, 0.1) is 27.7 Å². The van der Waals surface area contributed by atoms with Crippen molar-refractivity contribution in [1.29, 1.82) is 0 Å². The fourth-order valence-corrected chi connectivity index (χ4v) is 7.86. The average molecular weight is 711 g/mol. The van der Waals surface area contributed by atoms with E-state index >= 15 is 0 Å². The molecule has 0 bridgehead atoms. The van der Waals surface area contributed by atoms with Gasteiger partial charge in [0.05, 0.1) is 29.2 Å². The molecule has 0 saturated heterocycles. The summed E-state index contributed by atoms with van der Waals surface area (Å²) in [6.45, 7) is 10.3. The predicted molar refractivity (Wildman–Crippen MR) is 198 cm³/mol. The number of carbonyl (C=O) groups is 2. The number of alkyl halides is 1. The van der Waals surface area contributed by atoms with Crippen LogP contribution in [0.4, 0.5) is 5.69 Å². The van der Waals surface area contributed by atoms with E-state index in [-0.39, 0.29) is 17.5 Å². The van der Waals surface area contributed by atoms with Gasteiger partial charge in [-0.05, 0) is 94.5 Å². The van der Waals surface area contributed by atoms with Crippen LogP contribution in [0.15, 0.2) is 61.1 Å². The van der Waals surface area contributed by atoms with E-state index in [0.717, 1.165) is 60.9 Å². The minimum Gasteiger partial charge on any atom is -0.494 e. The lowest BCUT2D eigenvalue weighted by atomic mass is 9.98. The highest BCUT2D eigenvalue weighted by atomic mass is 35.5. The van der Waals surface area contributed by atoms with Gasteiger partial charge in [-0.2, -0.15) is 0 Å². The molecule has 3 aromatic heterocycles. The molecule has 1 aliphatic rings. The number of carbonyl (C=O) groups excluding carboxylic acids is 1. The smallest absolute Gasteiger partial charge is 0.336 e. The first-order chi connectivity index (χ1) is 23.9. The molecule has 4 heterocycles. The standard InChI is InChI=1S/C39H37Cl2N5O4/c1-20-15-26(16-21(2)34(20)40)50-14-8-11-29-28-9-7-10-30(33-22(3)42-19-43-23(33)4)35(28)45-24(5)37(41)46(38(47)36(29)45)25-17-31(39(48)49)27-12-13-44(6)32(27)18-25/h7,9-10,12-13,15-19,24,37H,8,11,14H2,1-6H3,(H,48,49)/t24-,37?/m1/s1. The first-order valence-corrected chi connectivity index (χ1v) is 17.3. The zero-order valence-electron chi connectivity index (χ0n) is 28.7. The molecule has 256 valence electrons. The first kappa shape index (κ1) is 33.6. The molecule has 7 rings (SSSR count). The Morgan fingerprint density at radius 1 is 1.00 bits per heavy atom. The van der Waals surface area contributed by atoms with Crippen molar-refractivity contribution in [1.82, 2.24) is 19.1 Å². The van der Waals surface area contributed by atoms with Gasteiger partial charge in [0, 0.05) is 57.2 Å². The minimum absolute atomic E-state index is 0.107. The fourth-order valence-electron chi connectivity index (χ4n) is 7.43. The number of aromatic nitrogens is 4. The van der Waals surface area contributed by atoms with Gasteiger partial charge in [0.2, 0.25) is 0 Å².